The van der Waals surface area contributed by atoms with Gasteiger partial charge < -0.3 is 9.84 Å². The average Bonchev–Trinajstić information content (AvgIpc) is 2.66. The first kappa shape index (κ1) is 18.6. The van der Waals surface area contributed by atoms with E-state index < -0.39 is 5.97 Å². The van der Waals surface area contributed by atoms with Crippen molar-refractivity contribution in [1.29, 1.82) is 0 Å². The highest BCUT2D eigenvalue weighted by Gasteiger charge is 2.09. The molecule has 0 amide bonds. The maximum atomic E-state index is 13.7. The standard InChI is InChI=1S/C22H20FNO3/c1-15-2-6-17(13-24-15)21-10-7-19(23)12-18(21)14-27-20-8-3-16(4-9-20)5-11-22(25)26/h2-4,6-10,12-13H,5,11,14H2,1H3,(H,25,26). The number of aromatic nitrogens is 1. The second-order valence-electron chi connectivity index (χ2n) is 6.32. The van der Waals surface area contributed by atoms with Gasteiger partial charge in [-0.2, -0.15) is 0 Å². The summed E-state index contributed by atoms with van der Waals surface area (Å²) in [7, 11) is 0. The minimum absolute atomic E-state index is 0.0947. The first-order valence-electron chi connectivity index (χ1n) is 8.66. The highest BCUT2D eigenvalue weighted by molar-refractivity contribution is 5.67. The molecule has 0 aliphatic rings. The van der Waals surface area contributed by atoms with Crippen LogP contribution in [0, 0.1) is 12.7 Å². The summed E-state index contributed by atoms with van der Waals surface area (Å²) in [5, 5.41) is 8.74. The summed E-state index contributed by atoms with van der Waals surface area (Å²) >= 11 is 0. The molecule has 0 atom stereocenters. The molecule has 4 nitrogen and oxygen atoms in total. The average molecular weight is 365 g/mol. The second-order valence-corrected chi connectivity index (χ2v) is 6.32. The Bertz CT molecular complexity index is 921. The number of hydrogen-bond donors (Lipinski definition) is 1. The molecule has 0 aliphatic carbocycles. The van der Waals surface area contributed by atoms with Crippen LogP contribution >= 0.6 is 0 Å². The SMILES string of the molecule is Cc1ccc(-c2ccc(F)cc2COc2ccc(CCC(=O)O)cc2)cn1. The number of aryl methyl sites for hydroxylation is 2. The Hall–Kier alpha value is -3.21. The molecule has 1 heterocycles. The summed E-state index contributed by atoms with van der Waals surface area (Å²) in [5.74, 6) is -0.493. The summed E-state index contributed by atoms with van der Waals surface area (Å²) in [6.07, 6.45) is 2.34. The quantitative estimate of drug-likeness (QED) is 0.654. The Morgan fingerprint density at radius 1 is 1.11 bits per heavy atom. The molecular formula is C22H20FNO3. The van der Waals surface area contributed by atoms with E-state index in [1.54, 1.807) is 24.4 Å². The van der Waals surface area contributed by atoms with E-state index in [1.807, 2.05) is 31.2 Å². The largest absolute Gasteiger partial charge is 0.489 e. The lowest BCUT2D eigenvalue weighted by Crippen LogP contribution is -2.00. The van der Waals surface area contributed by atoms with E-state index in [-0.39, 0.29) is 18.8 Å². The van der Waals surface area contributed by atoms with Crippen molar-refractivity contribution in [1.82, 2.24) is 4.98 Å². The van der Waals surface area contributed by atoms with Crippen LogP contribution in [0.15, 0.2) is 60.8 Å². The summed E-state index contributed by atoms with van der Waals surface area (Å²) in [6, 6.07) is 15.8. The van der Waals surface area contributed by atoms with Gasteiger partial charge in [0.05, 0.1) is 0 Å². The summed E-state index contributed by atoms with van der Waals surface area (Å²) in [4.78, 5) is 14.9. The Morgan fingerprint density at radius 3 is 2.56 bits per heavy atom. The van der Waals surface area contributed by atoms with Crippen LogP contribution in [0.2, 0.25) is 0 Å². The van der Waals surface area contributed by atoms with E-state index in [4.69, 9.17) is 9.84 Å². The van der Waals surface area contributed by atoms with Crippen LogP contribution in [-0.2, 0) is 17.8 Å². The predicted molar refractivity (Wildman–Crippen MR) is 101 cm³/mol. The lowest BCUT2D eigenvalue weighted by molar-refractivity contribution is -0.136. The zero-order valence-electron chi connectivity index (χ0n) is 15.0. The van der Waals surface area contributed by atoms with Crippen molar-refractivity contribution in [3.05, 3.63) is 83.4 Å². The molecule has 2 aromatic carbocycles. The fraction of sp³-hybridized carbons (Fsp3) is 0.182. The molecule has 27 heavy (non-hydrogen) atoms. The highest BCUT2D eigenvalue weighted by Crippen LogP contribution is 2.26. The van der Waals surface area contributed by atoms with Gasteiger partial charge in [-0.15, -0.1) is 0 Å². The molecule has 0 saturated carbocycles. The number of benzene rings is 2. The van der Waals surface area contributed by atoms with E-state index in [9.17, 15) is 9.18 Å². The van der Waals surface area contributed by atoms with E-state index >= 15 is 0 Å². The first-order chi connectivity index (χ1) is 13.0. The van der Waals surface area contributed by atoms with Gasteiger partial charge in [-0.05, 0) is 54.8 Å². The van der Waals surface area contributed by atoms with Crippen LogP contribution in [0.5, 0.6) is 5.75 Å². The molecule has 5 heteroatoms. The van der Waals surface area contributed by atoms with Gasteiger partial charge in [0.25, 0.3) is 0 Å². The van der Waals surface area contributed by atoms with Gasteiger partial charge in [0.1, 0.15) is 18.2 Å². The smallest absolute Gasteiger partial charge is 0.303 e. The molecule has 0 spiro atoms. The summed E-state index contributed by atoms with van der Waals surface area (Å²) in [6.45, 7) is 2.13. The third kappa shape index (κ3) is 5.14. The Morgan fingerprint density at radius 2 is 1.89 bits per heavy atom. The summed E-state index contributed by atoms with van der Waals surface area (Å²) < 4.78 is 19.5. The third-order valence-corrected chi connectivity index (χ3v) is 4.23. The zero-order chi connectivity index (χ0) is 19.2. The van der Waals surface area contributed by atoms with Crippen LogP contribution < -0.4 is 4.74 Å². The third-order valence-electron chi connectivity index (χ3n) is 4.23. The Labute approximate surface area is 157 Å². The number of aliphatic carboxylic acids is 1. The molecule has 0 fully saturated rings. The number of carboxylic acid groups (broad SMARTS) is 1. The van der Waals surface area contributed by atoms with Crippen molar-refractivity contribution in [2.45, 2.75) is 26.4 Å². The Kier molecular flexibility index (Phi) is 5.81. The van der Waals surface area contributed by atoms with Crippen molar-refractivity contribution in [2.75, 3.05) is 0 Å². The predicted octanol–water partition coefficient (Wildman–Crippen LogP) is 4.79. The van der Waals surface area contributed by atoms with Crippen LogP contribution in [0.25, 0.3) is 11.1 Å². The number of carboxylic acids is 1. The van der Waals surface area contributed by atoms with Gasteiger partial charge in [-0.1, -0.05) is 24.3 Å². The molecule has 1 aromatic heterocycles. The lowest BCUT2D eigenvalue weighted by Gasteiger charge is -2.12. The second kappa shape index (κ2) is 8.45. The number of carbonyl (C=O) groups is 1. The molecule has 0 aliphatic heterocycles. The van der Waals surface area contributed by atoms with E-state index in [0.29, 0.717) is 12.2 Å². The van der Waals surface area contributed by atoms with Gasteiger partial charge in [0.15, 0.2) is 0 Å². The monoisotopic (exact) mass is 365 g/mol. The maximum Gasteiger partial charge on any atom is 0.303 e. The number of pyridine rings is 1. The fourth-order valence-electron chi connectivity index (χ4n) is 2.76. The van der Waals surface area contributed by atoms with Crippen LogP contribution in [0.4, 0.5) is 4.39 Å². The van der Waals surface area contributed by atoms with Crippen molar-refractivity contribution in [3.8, 4) is 16.9 Å². The van der Waals surface area contributed by atoms with Crippen LogP contribution in [0.3, 0.4) is 0 Å². The van der Waals surface area contributed by atoms with Crippen molar-refractivity contribution >= 4 is 5.97 Å². The van der Waals surface area contributed by atoms with E-state index in [1.165, 1.54) is 12.1 Å². The normalized spacial score (nSPS) is 10.6. The Balaban J connectivity index is 1.73. The van der Waals surface area contributed by atoms with Gasteiger partial charge in [0.2, 0.25) is 0 Å². The first-order valence-corrected chi connectivity index (χ1v) is 8.66. The van der Waals surface area contributed by atoms with Crippen molar-refractivity contribution in [2.24, 2.45) is 0 Å². The molecule has 3 rings (SSSR count). The zero-order valence-corrected chi connectivity index (χ0v) is 15.0. The minimum atomic E-state index is -0.820. The van der Waals surface area contributed by atoms with Gasteiger partial charge in [-0.25, -0.2) is 4.39 Å². The highest BCUT2D eigenvalue weighted by atomic mass is 19.1. The molecule has 1 N–H and O–H groups in total. The molecule has 3 aromatic rings. The van der Waals surface area contributed by atoms with E-state index in [0.717, 1.165) is 27.9 Å². The van der Waals surface area contributed by atoms with Crippen LogP contribution in [0.1, 0.15) is 23.2 Å². The van der Waals surface area contributed by atoms with Crippen molar-refractivity contribution in [3.63, 3.8) is 0 Å². The minimum Gasteiger partial charge on any atom is -0.489 e. The summed E-state index contributed by atoms with van der Waals surface area (Å²) in [5.41, 5.74) is 4.37. The van der Waals surface area contributed by atoms with Gasteiger partial charge in [-0.3, -0.25) is 9.78 Å². The maximum absolute atomic E-state index is 13.7. The number of nitrogens with zero attached hydrogens (tertiary/aromatic N) is 1. The topological polar surface area (TPSA) is 59.4 Å². The lowest BCUT2D eigenvalue weighted by atomic mass is 10.0. The molecular weight excluding hydrogens is 345 g/mol. The van der Waals surface area contributed by atoms with Crippen molar-refractivity contribution < 1.29 is 19.0 Å². The number of halogens is 1. The molecule has 0 radical (unpaired) electrons. The molecule has 0 bridgehead atoms. The van der Waals surface area contributed by atoms with Gasteiger partial charge >= 0.3 is 5.97 Å². The van der Waals surface area contributed by atoms with Gasteiger partial charge in [0, 0.05) is 29.4 Å². The van der Waals surface area contributed by atoms with E-state index in [2.05, 4.69) is 4.98 Å². The fourth-order valence-corrected chi connectivity index (χ4v) is 2.76. The molecule has 138 valence electrons. The molecule has 0 saturated heterocycles. The number of hydrogen-bond acceptors (Lipinski definition) is 3. The molecule has 0 unspecified atom stereocenters. The van der Waals surface area contributed by atoms with Crippen LogP contribution in [-0.4, -0.2) is 16.1 Å². The number of ether oxygens (including phenoxy) is 1. The number of rotatable bonds is 7.